The Morgan fingerprint density at radius 2 is 1.00 bits per heavy atom. The van der Waals surface area contributed by atoms with Gasteiger partial charge in [-0.1, -0.05) is 48.3 Å². The molecular formula is C18H30S2. The summed E-state index contributed by atoms with van der Waals surface area (Å²) in [5.41, 5.74) is 0. The first-order chi connectivity index (χ1) is 9.91. The van der Waals surface area contributed by atoms with Crippen LogP contribution in [-0.2, 0) is 0 Å². The number of hydrogen-bond acceptors (Lipinski definition) is 2. The van der Waals surface area contributed by atoms with Gasteiger partial charge >= 0.3 is 0 Å². The molecule has 114 valence electrons. The molecule has 0 amide bonds. The van der Waals surface area contributed by atoms with Crippen LogP contribution < -0.4 is 0 Å². The number of unbranched alkanes of at least 4 members (excludes halogenated alkanes) is 6. The second-order valence-corrected chi connectivity index (χ2v) is 7.38. The molecule has 0 radical (unpaired) electrons. The van der Waals surface area contributed by atoms with Gasteiger partial charge in [0.15, 0.2) is 0 Å². The van der Waals surface area contributed by atoms with Crippen molar-refractivity contribution in [2.75, 3.05) is 11.5 Å². The van der Waals surface area contributed by atoms with E-state index in [1.165, 1.54) is 50.0 Å². The minimum Gasteiger partial charge on any atom is -0.104 e. The highest BCUT2D eigenvalue weighted by molar-refractivity contribution is 8.76. The molecule has 0 saturated heterocycles. The molecule has 0 aliphatic heterocycles. The van der Waals surface area contributed by atoms with E-state index in [1.807, 2.05) is 21.6 Å². The van der Waals surface area contributed by atoms with Crippen molar-refractivity contribution in [3.8, 4) is 23.7 Å². The van der Waals surface area contributed by atoms with Crippen LogP contribution in [0.3, 0.4) is 0 Å². The van der Waals surface area contributed by atoms with Crippen molar-refractivity contribution in [2.24, 2.45) is 0 Å². The van der Waals surface area contributed by atoms with Crippen molar-refractivity contribution in [3.05, 3.63) is 0 Å². The zero-order chi connectivity index (χ0) is 14.7. The predicted octanol–water partition coefficient (Wildman–Crippen LogP) is 6.32. The fraction of sp³-hybridized carbons (Fsp3) is 0.778. The highest BCUT2D eigenvalue weighted by Crippen LogP contribution is 2.24. The van der Waals surface area contributed by atoms with E-state index >= 15 is 0 Å². The standard InChI is InChI=1S/C18H30S2/c1-3-5-7-9-11-13-15-17-19-20-18-16-14-12-10-8-6-4-2/h3-4,9-18H2,1-2H3. The second kappa shape index (κ2) is 18.8. The van der Waals surface area contributed by atoms with E-state index in [-0.39, 0.29) is 0 Å². The van der Waals surface area contributed by atoms with Crippen LogP contribution >= 0.6 is 21.6 Å². The molecule has 0 aliphatic rings. The van der Waals surface area contributed by atoms with Gasteiger partial charge in [0.05, 0.1) is 0 Å². The third-order valence-electron chi connectivity index (χ3n) is 2.75. The maximum Gasteiger partial charge on any atom is 0.00886 e. The molecule has 0 aromatic rings. The summed E-state index contributed by atoms with van der Waals surface area (Å²) >= 11 is 0. The molecule has 20 heavy (non-hydrogen) atoms. The first kappa shape index (κ1) is 19.8. The molecule has 0 fully saturated rings. The second-order valence-electron chi connectivity index (χ2n) is 4.68. The molecule has 0 nitrogen and oxygen atoms in total. The lowest BCUT2D eigenvalue weighted by molar-refractivity contribution is 0.742. The summed E-state index contributed by atoms with van der Waals surface area (Å²) < 4.78 is 0. The Hall–Kier alpha value is -0.180. The smallest absolute Gasteiger partial charge is 0.00886 e. The summed E-state index contributed by atoms with van der Waals surface area (Å²) in [4.78, 5) is 0. The highest BCUT2D eigenvalue weighted by Gasteiger charge is 1.93. The number of rotatable bonds is 11. The van der Waals surface area contributed by atoms with Crippen molar-refractivity contribution < 1.29 is 0 Å². The van der Waals surface area contributed by atoms with Crippen molar-refractivity contribution in [3.63, 3.8) is 0 Å². The molecule has 0 unspecified atom stereocenters. The van der Waals surface area contributed by atoms with Crippen LogP contribution in [-0.4, -0.2) is 11.5 Å². The van der Waals surface area contributed by atoms with E-state index in [0.29, 0.717) is 0 Å². The van der Waals surface area contributed by atoms with Crippen LogP contribution in [0.15, 0.2) is 0 Å². The van der Waals surface area contributed by atoms with E-state index in [4.69, 9.17) is 0 Å². The molecule has 0 aromatic heterocycles. The summed E-state index contributed by atoms with van der Waals surface area (Å²) in [6, 6.07) is 0. The number of hydrogen-bond donors (Lipinski definition) is 0. The van der Waals surface area contributed by atoms with Crippen LogP contribution in [0.25, 0.3) is 0 Å². The topological polar surface area (TPSA) is 0 Å². The van der Waals surface area contributed by atoms with Crippen molar-refractivity contribution in [1.29, 1.82) is 0 Å². The molecule has 2 heteroatoms. The van der Waals surface area contributed by atoms with E-state index < -0.39 is 0 Å². The molecule has 0 aliphatic carbocycles. The van der Waals surface area contributed by atoms with Gasteiger partial charge in [-0.15, -0.1) is 23.7 Å². The third-order valence-corrected chi connectivity index (χ3v) is 5.32. The van der Waals surface area contributed by atoms with Crippen molar-refractivity contribution in [2.45, 2.75) is 78.1 Å². The molecule has 0 heterocycles. The van der Waals surface area contributed by atoms with Gasteiger partial charge in [0.25, 0.3) is 0 Å². The Labute approximate surface area is 135 Å². The molecule has 0 rings (SSSR count). The summed E-state index contributed by atoms with van der Waals surface area (Å²) in [6.45, 7) is 4.22. The van der Waals surface area contributed by atoms with Crippen LogP contribution in [0.1, 0.15) is 78.1 Å². The molecular weight excluding hydrogens is 280 g/mol. The van der Waals surface area contributed by atoms with Gasteiger partial charge in [-0.2, -0.15) is 0 Å². The minimum absolute atomic E-state index is 0.998. The van der Waals surface area contributed by atoms with Gasteiger partial charge in [-0.05, 0) is 25.7 Å². The zero-order valence-corrected chi connectivity index (χ0v) is 14.9. The summed E-state index contributed by atoms with van der Waals surface area (Å²) in [5, 5.41) is 0. The van der Waals surface area contributed by atoms with Crippen molar-refractivity contribution in [1.82, 2.24) is 0 Å². The van der Waals surface area contributed by atoms with E-state index in [1.54, 1.807) is 0 Å². The molecule has 0 atom stereocenters. The average molecular weight is 311 g/mol. The summed E-state index contributed by atoms with van der Waals surface area (Å²) in [5.74, 6) is 15.3. The van der Waals surface area contributed by atoms with Crippen molar-refractivity contribution >= 4 is 21.6 Å². The molecule has 0 bridgehead atoms. The lowest BCUT2D eigenvalue weighted by Crippen LogP contribution is -1.82. The van der Waals surface area contributed by atoms with Gasteiger partial charge in [-0.25, -0.2) is 0 Å². The van der Waals surface area contributed by atoms with Gasteiger partial charge in [0.1, 0.15) is 0 Å². The first-order valence-corrected chi connectivity index (χ1v) is 10.6. The van der Waals surface area contributed by atoms with E-state index in [0.717, 1.165) is 25.7 Å². The van der Waals surface area contributed by atoms with Gasteiger partial charge < -0.3 is 0 Å². The zero-order valence-electron chi connectivity index (χ0n) is 13.3. The van der Waals surface area contributed by atoms with E-state index in [9.17, 15) is 0 Å². The minimum atomic E-state index is 0.998. The molecule has 0 spiro atoms. The van der Waals surface area contributed by atoms with Crippen LogP contribution in [0.2, 0.25) is 0 Å². The highest BCUT2D eigenvalue weighted by atomic mass is 33.1. The van der Waals surface area contributed by atoms with Gasteiger partial charge in [0, 0.05) is 37.2 Å². The van der Waals surface area contributed by atoms with Crippen LogP contribution in [0.5, 0.6) is 0 Å². The maximum absolute atomic E-state index is 3.21. The maximum atomic E-state index is 3.21. The monoisotopic (exact) mass is 310 g/mol. The molecule has 0 saturated carbocycles. The largest absolute Gasteiger partial charge is 0.104 e. The average Bonchev–Trinajstić information content (AvgIpc) is 2.47. The normalized spacial score (nSPS) is 9.50. The summed E-state index contributed by atoms with van der Waals surface area (Å²) in [7, 11) is 4.09. The fourth-order valence-corrected chi connectivity index (χ4v) is 3.94. The lowest BCUT2D eigenvalue weighted by atomic mass is 10.2. The Kier molecular flexibility index (Phi) is 18.7. The molecule has 0 N–H and O–H groups in total. The predicted molar refractivity (Wildman–Crippen MR) is 98.0 cm³/mol. The molecule has 0 aromatic carbocycles. The Bertz CT molecular complexity index is 269. The van der Waals surface area contributed by atoms with Gasteiger partial charge in [0.2, 0.25) is 0 Å². The SMILES string of the molecule is CCC#CCCCCCSSCCCCCC#CCC. The van der Waals surface area contributed by atoms with E-state index in [2.05, 4.69) is 37.5 Å². The lowest BCUT2D eigenvalue weighted by Gasteiger charge is -2.00. The third kappa shape index (κ3) is 17.8. The Balaban J connectivity index is 3.02. The Morgan fingerprint density at radius 3 is 1.40 bits per heavy atom. The van der Waals surface area contributed by atoms with Crippen LogP contribution in [0, 0.1) is 23.7 Å². The Morgan fingerprint density at radius 1 is 0.550 bits per heavy atom. The quantitative estimate of drug-likeness (QED) is 0.249. The first-order valence-electron chi connectivity index (χ1n) is 8.07. The fourth-order valence-electron chi connectivity index (χ4n) is 1.65. The van der Waals surface area contributed by atoms with Crippen LogP contribution in [0.4, 0.5) is 0 Å². The summed E-state index contributed by atoms with van der Waals surface area (Å²) in [6.07, 6.45) is 12.1. The van der Waals surface area contributed by atoms with Gasteiger partial charge in [-0.3, -0.25) is 0 Å².